The van der Waals surface area contributed by atoms with E-state index in [1.54, 1.807) is 26.3 Å². The summed E-state index contributed by atoms with van der Waals surface area (Å²) in [6.07, 6.45) is 5.22. The fraction of sp³-hybridized carbons (Fsp3) is 0.360. The van der Waals surface area contributed by atoms with Crippen LogP contribution in [0.2, 0.25) is 0 Å². The molecule has 196 valence electrons. The van der Waals surface area contributed by atoms with Gasteiger partial charge in [-0.25, -0.2) is 18.9 Å². The monoisotopic (exact) mass is 519 g/mol. The molecule has 1 fully saturated rings. The van der Waals surface area contributed by atoms with E-state index in [0.717, 1.165) is 16.6 Å². The van der Waals surface area contributed by atoms with Crippen LogP contribution >= 0.6 is 0 Å². The highest BCUT2D eigenvalue weighted by Gasteiger charge is 2.35. The van der Waals surface area contributed by atoms with Gasteiger partial charge in [-0.05, 0) is 37.8 Å². The SMILES string of the molecule is Nc1c(-n2nnc3ccccc32)c([C@H]2CC[C@@H](C(F)C(=O)O)CC2)nc2c(-c3cnn(CCO)c3)cnn12. The van der Waals surface area contributed by atoms with E-state index in [9.17, 15) is 14.3 Å². The molecule has 0 radical (unpaired) electrons. The Labute approximate surface area is 215 Å². The van der Waals surface area contributed by atoms with Crippen molar-refractivity contribution in [1.29, 1.82) is 0 Å². The van der Waals surface area contributed by atoms with E-state index >= 15 is 0 Å². The van der Waals surface area contributed by atoms with Gasteiger partial charge < -0.3 is 15.9 Å². The van der Waals surface area contributed by atoms with Crippen molar-refractivity contribution in [3.8, 4) is 16.8 Å². The number of nitrogens with two attached hydrogens (primary N) is 1. The Balaban J connectivity index is 1.49. The first-order valence-corrected chi connectivity index (χ1v) is 12.4. The first-order valence-electron chi connectivity index (χ1n) is 12.4. The lowest BCUT2D eigenvalue weighted by Gasteiger charge is -2.30. The lowest BCUT2D eigenvalue weighted by Crippen LogP contribution is -2.29. The van der Waals surface area contributed by atoms with Crippen LogP contribution in [0.25, 0.3) is 33.5 Å². The normalized spacial score (nSPS) is 18.8. The minimum atomic E-state index is -1.88. The molecule has 1 saturated carbocycles. The number of aliphatic hydroxyl groups excluding tert-OH is 1. The third kappa shape index (κ3) is 3.95. The first kappa shape index (κ1) is 24.0. The lowest BCUT2D eigenvalue weighted by atomic mass is 9.78. The average molecular weight is 520 g/mol. The second-order valence-electron chi connectivity index (χ2n) is 9.58. The van der Waals surface area contributed by atoms with E-state index in [-0.39, 0.29) is 12.5 Å². The van der Waals surface area contributed by atoms with Gasteiger partial charge in [0.05, 0.1) is 36.8 Å². The number of nitrogen functional groups attached to an aromatic ring is 1. The Morgan fingerprint density at radius 1 is 1.16 bits per heavy atom. The molecular formula is C25H26FN9O3. The molecular weight excluding hydrogens is 493 g/mol. The molecule has 1 aliphatic rings. The summed E-state index contributed by atoms with van der Waals surface area (Å²) in [4.78, 5) is 16.3. The molecule has 0 amide bonds. The maximum atomic E-state index is 14.3. The average Bonchev–Trinajstić information content (AvgIpc) is 3.67. The van der Waals surface area contributed by atoms with E-state index in [1.807, 2.05) is 30.5 Å². The van der Waals surface area contributed by atoms with Gasteiger partial charge in [0.2, 0.25) is 0 Å². The van der Waals surface area contributed by atoms with Gasteiger partial charge >= 0.3 is 5.97 Å². The van der Waals surface area contributed by atoms with Crippen LogP contribution in [-0.2, 0) is 11.3 Å². The van der Waals surface area contributed by atoms with E-state index in [4.69, 9.17) is 15.8 Å². The van der Waals surface area contributed by atoms with Crippen LogP contribution in [-0.4, -0.2) is 68.3 Å². The van der Waals surface area contributed by atoms with Crippen LogP contribution in [0.4, 0.5) is 10.2 Å². The molecule has 1 aliphatic carbocycles. The van der Waals surface area contributed by atoms with Crippen LogP contribution in [0.15, 0.2) is 42.9 Å². The highest BCUT2D eigenvalue weighted by atomic mass is 19.1. The van der Waals surface area contributed by atoms with Gasteiger partial charge in [-0.3, -0.25) is 4.68 Å². The summed E-state index contributed by atoms with van der Waals surface area (Å²) in [6, 6.07) is 7.51. The van der Waals surface area contributed by atoms with Crippen LogP contribution in [0.5, 0.6) is 0 Å². The predicted molar refractivity (Wildman–Crippen MR) is 135 cm³/mol. The minimum absolute atomic E-state index is 0.0370. The number of rotatable bonds is 7. The number of anilines is 1. The zero-order chi connectivity index (χ0) is 26.4. The van der Waals surface area contributed by atoms with Gasteiger partial charge in [-0.2, -0.15) is 14.7 Å². The molecule has 6 rings (SSSR count). The summed E-state index contributed by atoms with van der Waals surface area (Å²) in [7, 11) is 0. The molecule has 5 aromatic rings. The number of para-hydroxylation sites is 1. The quantitative estimate of drug-likeness (QED) is 0.293. The topological polar surface area (TPSA) is 162 Å². The van der Waals surface area contributed by atoms with Crippen molar-refractivity contribution < 1.29 is 19.4 Å². The zero-order valence-electron chi connectivity index (χ0n) is 20.4. The lowest BCUT2D eigenvalue weighted by molar-refractivity contribution is -0.145. The van der Waals surface area contributed by atoms with E-state index < -0.39 is 18.1 Å². The first-order chi connectivity index (χ1) is 18.5. The fourth-order valence-corrected chi connectivity index (χ4v) is 5.38. The molecule has 1 unspecified atom stereocenters. The second-order valence-corrected chi connectivity index (χ2v) is 9.58. The number of benzene rings is 1. The number of aromatic nitrogens is 8. The largest absolute Gasteiger partial charge is 0.479 e. The summed E-state index contributed by atoms with van der Waals surface area (Å²) in [6.45, 7) is 0.323. The molecule has 0 saturated heterocycles. The summed E-state index contributed by atoms with van der Waals surface area (Å²) >= 11 is 0. The fourth-order valence-electron chi connectivity index (χ4n) is 5.38. The number of hydrogen-bond donors (Lipinski definition) is 3. The molecule has 4 N–H and O–H groups in total. The summed E-state index contributed by atoms with van der Waals surface area (Å²) in [5, 5.41) is 35.8. The van der Waals surface area contributed by atoms with Gasteiger partial charge in [0, 0.05) is 29.2 Å². The van der Waals surface area contributed by atoms with E-state index in [2.05, 4.69) is 20.5 Å². The van der Waals surface area contributed by atoms with E-state index in [0.29, 0.717) is 60.6 Å². The van der Waals surface area contributed by atoms with E-state index in [1.165, 1.54) is 0 Å². The van der Waals surface area contributed by atoms with Crippen molar-refractivity contribution in [2.75, 3.05) is 12.3 Å². The number of nitrogens with zero attached hydrogens (tertiary/aromatic N) is 8. The highest BCUT2D eigenvalue weighted by Crippen LogP contribution is 2.41. The molecule has 38 heavy (non-hydrogen) atoms. The van der Waals surface area contributed by atoms with Crippen molar-refractivity contribution in [2.24, 2.45) is 5.92 Å². The second kappa shape index (κ2) is 9.49. The van der Waals surface area contributed by atoms with Crippen molar-refractivity contribution >= 4 is 28.5 Å². The standard InChI is InChI=1S/C25H26FN9O3/c26-20(25(37)38)14-5-7-15(8-6-14)21-22(34-19-4-2-1-3-18(19)31-32-34)23(27)35-24(30-21)17(12-29-35)16-11-28-33(13-16)9-10-36/h1-4,11-15,20,36H,5-10,27H2,(H,37,38)/t14-,15+,20?. The van der Waals surface area contributed by atoms with Crippen molar-refractivity contribution in [3.63, 3.8) is 0 Å². The summed E-state index contributed by atoms with van der Waals surface area (Å²) in [5.41, 5.74) is 11.5. The van der Waals surface area contributed by atoms with Crippen molar-refractivity contribution in [3.05, 3.63) is 48.5 Å². The third-order valence-electron chi connectivity index (χ3n) is 7.33. The molecule has 1 aromatic carbocycles. The molecule has 0 bridgehead atoms. The zero-order valence-corrected chi connectivity index (χ0v) is 20.4. The maximum Gasteiger partial charge on any atom is 0.338 e. The number of fused-ring (bicyclic) bond motifs is 2. The van der Waals surface area contributed by atoms with Crippen molar-refractivity contribution in [1.82, 2.24) is 39.4 Å². The molecule has 0 spiro atoms. The summed E-state index contributed by atoms with van der Waals surface area (Å²) in [5.74, 6) is -1.73. The Morgan fingerprint density at radius 2 is 1.95 bits per heavy atom. The number of hydrogen-bond acceptors (Lipinski definition) is 8. The van der Waals surface area contributed by atoms with Crippen LogP contribution in [0.3, 0.4) is 0 Å². The number of carboxylic acid groups (broad SMARTS) is 1. The molecule has 13 heteroatoms. The molecule has 12 nitrogen and oxygen atoms in total. The Morgan fingerprint density at radius 3 is 2.71 bits per heavy atom. The van der Waals surface area contributed by atoms with Crippen LogP contribution in [0, 0.1) is 5.92 Å². The molecule has 1 atom stereocenters. The number of aliphatic hydroxyl groups is 1. The Bertz CT molecular complexity index is 1630. The van der Waals surface area contributed by atoms with Gasteiger partial charge in [0.25, 0.3) is 0 Å². The molecule has 4 aromatic heterocycles. The van der Waals surface area contributed by atoms with Gasteiger partial charge in [0.1, 0.15) is 11.2 Å². The number of alkyl halides is 1. The molecule has 0 aliphatic heterocycles. The van der Waals surface area contributed by atoms with Gasteiger partial charge in [-0.15, -0.1) is 5.10 Å². The molecule has 4 heterocycles. The van der Waals surface area contributed by atoms with Crippen LogP contribution < -0.4 is 5.73 Å². The third-order valence-corrected chi connectivity index (χ3v) is 7.33. The predicted octanol–water partition coefficient (Wildman–Crippen LogP) is 2.60. The summed E-state index contributed by atoms with van der Waals surface area (Å²) < 4.78 is 19.1. The Kier molecular flexibility index (Phi) is 5.98. The number of aliphatic carboxylic acids is 1. The van der Waals surface area contributed by atoms with Gasteiger partial charge in [0.15, 0.2) is 17.6 Å². The highest BCUT2D eigenvalue weighted by molar-refractivity contribution is 5.81. The maximum absolute atomic E-state index is 14.3. The van der Waals surface area contributed by atoms with Crippen molar-refractivity contribution in [2.45, 2.75) is 44.3 Å². The Hall–Kier alpha value is -4.39. The number of halogens is 1. The van der Waals surface area contributed by atoms with Crippen LogP contribution in [0.1, 0.15) is 37.3 Å². The number of carbonyl (C=O) groups is 1. The number of carboxylic acids is 1. The smallest absolute Gasteiger partial charge is 0.338 e. The minimum Gasteiger partial charge on any atom is -0.479 e. The van der Waals surface area contributed by atoms with Gasteiger partial charge in [-0.1, -0.05) is 17.3 Å².